The topological polar surface area (TPSA) is 69.7 Å². The molecule has 2 rings (SSSR count). The molecule has 1 aromatic rings. The van der Waals surface area contributed by atoms with Gasteiger partial charge in [0.1, 0.15) is 11.5 Å². The number of hydrogen-bond acceptors (Lipinski definition) is 5. The highest BCUT2D eigenvalue weighted by atomic mass is 16.5. The van der Waals surface area contributed by atoms with Crippen LogP contribution in [0.5, 0.6) is 11.5 Å². The van der Waals surface area contributed by atoms with Gasteiger partial charge in [-0.1, -0.05) is 19.8 Å². The lowest BCUT2D eigenvalue weighted by Gasteiger charge is -2.19. The molecule has 0 aromatic heterocycles. The predicted octanol–water partition coefficient (Wildman–Crippen LogP) is 3.16. The molecule has 5 nitrogen and oxygen atoms in total. The molecule has 23 heavy (non-hydrogen) atoms. The van der Waals surface area contributed by atoms with Gasteiger partial charge in [0.25, 0.3) is 0 Å². The van der Waals surface area contributed by atoms with Gasteiger partial charge in [-0.3, -0.25) is 14.4 Å². The lowest BCUT2D eigenvalue weighted by atomic mass is 9.85. The first kappa shape index (κ1) is 16.9. The van der Waals surface area contributed by atoms with Crippen molar-refractivity contribution in [1.82, 2.24) is 0 Å². The van der Waals surface area contributed by atoms with Gasteiger partial charge in [-0.05, 0) is 18.6 Å². The van der Waals surface area contributed by atoms with E-state index in [2.05, 4.69) is 0 Å². The van der Waals surface area contributed by atoms with Crippen LogP contribution in [0.25, 0.3) is 0 Å². The van der Waals surface area contributed by atoms with Crippen LogP contribution in [-0.2, 0) is 4.79 Å². The highest BCUT2D eigenvalue weighted by Gasteiger charge is 2.34. The summed E-state index contributed by atoms with van der Waals surface area (Å²) in [7, 11) is 2.84. The number of allylic oxidation sites excluding steroid dienone is 2. The Labute approximate surface area is 135 Å². The van der Waals surface area contributed by atoms with Crippen LogP contribution in [-0.4, -0.2) is 31.6 Å². The molecule has 0 radical (unpaired) electrons. The Kier molecular flexibility index (Phi) is 5.32. The molecule has 0 amide bonds. The summed E-state index contributed by atoms with van der Waals surface area (Å²) in [4.78, 5) is 37.4. The molecule has 0 heterocycles. The third-order valence-electron chi connectivity index (χ3n) is 3.87. The minimum absolute atomic E-state index is 0.0647. The molecule has 0 bridgehead atoms. The molecule has 0 atom stereocenters. The second-order valence-corrected chi connectivity index (χ2v) is 5.35. The lowest BCUT2D eigenvalue weighted by molar-refractivity contribution is -0.115. The van der Waals surface area contributed by atoms with Gasteiger partial charge in [0.15, 0.2) is 11.6 Å². The molecule has 0 saturated carbocycles. The Balaban J connectivity index is 2.44. The summed E-state index contributed by atoms with van der Waals surface area (Å²) >= 11 is 0. The van der Waals surface area contributed by atoms with Crippen LogP contribution >= 0.6 is 0 Å². The van der Waals surface area contributed by atoms with Crippen LogP contribution in [0.4, 0.5) is 0 Å². The average molecular weight is 316 g/mol. The maximum absolute atomic E-state index is 12.7. The fourth-order valence-electron chi connectivity index (χ4n) is 2.66. The third-order valence-corrected chi connectivity index (χ3v) is 3.87. The fourth-order valence-corrected chi connectivity index (χ4v) is 2.66. The smallest absolute Gasteiger partial charge is 0.201 e. The maximum Gasteiger partial charge on any atom is 0.201 e. The zero-order chi connectivity index (χ0) is 17.0. The predicted molar refractivity (Wildman–Crippen MR) is 85.4 cm³/mol. The first-order valence-corrected chi connectivity index (χ1v) is 7.64. The van der Waals surface area contributed by atoms with E-state index in [1.165, 1.54) is 14.2 Å². The molecule has 1 aliphatic rings. The van der Waals surface area contributed by atoms with Gasteiger partial charge < -0.3 is 9.47 Å². The van der Waals surface area contributed by atoms with E-state index in [1.54, 1.807) is 12.1 Å². The van der Waals surface area contributed by atoms with Crippen molar-refractivity contribution in [1.29, 1.82) is 0 Å². The molecule has 0 N–H and O–H groups in total. The SMILES string of the molecule is CCCCCC(=O)C1=CC(=O)c2c(OC)ccc(OC)c2C1=O. The number of carbonyl (C=O) groups excluding carboxylic acids is 3. The van der Waals surface area contributed by atoms with Crippen LogP contribution in [0.3, 0.4) is 0 Å². The monoisotopic (exact) mass is 316 g/mol. The van der Waals surface area contributed by atoms with Gasteiger partial charge in [-0.2, -0.15) is 0 Å². The molecule has 0 fully saturated rings. The molecule has 0 unspecified atom stereocenters. The van der Waals surface area contributed by atoms with Crippen molar-refractivity contribution < 1.29 is 23.9 Å². The number of rotatable bonds is 7. The number of carbonyl (C=O) groups is 3. The van der Waals surface area contributed by atoms with Crippen LogP contribution in [0.2, 0.25) is 0 Å². The quantitative estimate of drug-likeness (QED) is 0.571. The summed E-state index contributed by atoms with van der Waals surface area (Å²) in [5.41, 5.74) is 0.199. The fraction of sp³-hybridized carbons (Fsp3) is 0.389. The Bertz CT molecular complexity index is 685. The van der Waals surface area contributed by atoms with E-state index >= 15 is 0 Å². The summed E-state index contributed by atoms with van der Waals surface area (Å²) in [6.07, 6.45) is 3.99. The highest BCUT2D eigenvalue weighted by molar-refractivity contribution is 6.36. The van der Waals surface area contributed by atoms with E-state index in [-0.39, 0.29) is 34.7 Å². The number of unbranched alkanes of at least 4 members (excludes halogenated alkanes) is 2. The summed E-state index contributed by atoms with van der Waals surface area (Å²) in [5.74, 6) is -0.614. The summed E-state index contributed by atoms with van der Waals surface area (Å²) in [6, 6.07) is 3.14. The Morgan fingerprint density at radius 2 is 1.61 bits per heavy atom. The average Bonchev–Trinajstić information content (AvgIpc) is 2.56. The van der Waals surface area contributed by atoms with Crippen molar-refractivity contribution in [2.75, 3.05) is 14.2 Å². The largest absolute Gasteiger partial charge is 0.496 e. The molecular formula is C18H20O5. The molecular weight excluding hydrogens is 296 g/mol. The van der Waals surface area contributed by atoms with E-state index in [0.717, 1.165) is 18.9 Å². The normalized spacial score (nSPS) is 13.4. The van der Waals surface area contributed by atoms with Crippen molar-refractivity contribution in [2.24, 2.45) is 0 Å². The molecule has 0 spiro atoms. The molecule has 122 valence electrons. The lowest BCUT2D eigenvalue weighted by Crippen LogP contribution is -2.23. The highest BCUT2D eigenvalue weighted by Crippen LogP contribution is 2.36. The van der Waals surface area contributed by atoms with Crippen molar-refractivity contribution in [3.8, 4) is 11.5 Å². The van der Waals surface area contributed by atoms with Gasteiger partial charge in [0, 0.05) is 12.5 Å². The van der Waals surface area contributed by atoms with Gasteiger partial charge in [0.05, 0.1) is 30.9 Å². The van der Waals surface area contributed by atoms with Crippen LogP contribution in [0.15, 0.2) is 23.8 Å². The number of hydrogen-bond donors (Lipinski definition) is 0. The minimum atomic E-state index is -0.475. The minimum Gasteiger partial charge on any atom is -0.496 e. The number of methoxy groups -OCH3 is 2. The maximum atomic E-state index is 12.7. The zero-order valence-electron chi connectivity index (χ0n) is 13.6. The van der Waals surface area contributed by atoms with E-state index in [1.807, 2.05) is 6.92 Å². The number of benzene rings is 1. The molecule has 5 heteroatoms. The van der Waals surface area contributed by atoms with E-state index in [4.69, 9.17) is 9.47 Å². The Morgan fingerprint density at radius 1 is 1.00 bits per heavy atom. The van der Waals surface area contributed by atoms with Crippen molar-refractivity contribution >= 4 is 17.3 Å². The summed E-state index contributed by atoms with van der Waals surface area (Å²) < 4.78 is 10.4. The van der Waals surface area contributed by atoms with Crippen LogP contribution < -0.4 is 9.47 Å². The van der Waals surface area contributed by atoms with Gasteiger partial charge in [0.2, 0.25) is 5.78 Å². The number of Topliss-reactive ketones (excluding diaryl/α,β-unsaturated/α-hetero) is 2. The van der Waals surface area contributed by atoms with E-state index < -0.39 is 11.6 Å². The van der Waals surface area contributed by atoms with Gasteiger partial charge in [-0.25, -0.2) is 0 Å². The summed E-state index contributed by atoms with van der Waals surface area (Å²) in [6.45, 7) is 2.03. The van der Waals surface area contributed by atoms with Gasteiger partial charge in [-0.15, -0.1) is 0 Å². The first-order valence-electron chi connectivity index (χ1n) is 7.64. The molecule has 0 aliphatic heterocycles. The van der Waals surface area contributed by atoms with Crippen molar-refractivity contribution in [3.05, 3.63) is 34.9 Å². The van der Waals surface area contributed by atoms with Crippen molar-refractivity contribution in [3.63, 3.8) is 0 Å². The summed E-state index contributed by atoms with van der Waals surface area (Å²) in [5, 5.41) is 0. The second-order valence-electron chi connectivity index (χ2n) is 5.35. The molecule has 0 saturated heterocycles. The zero-order valence-corrected chi connectivity index (χ0v) is 13.6. The number of ketones is 3. The Hall–Kier alpha value is -2.43. The van der Waals surface area contributed by atoms with Crippen molar-refractivity contribution in [2.45, 2.75) is 32.6 Å². The standard InChI is InChI=1S/C18H20O5/c1-4-5-6-7-12(19)11-10-13(20)16-14(22-2)8-9-15(23-3)17(16)18(11)21/h8-10H,4-7H2,1-3H3. The van der Waals surface area contributed by atoms with Gasteiger partial charge >= 0.3 is 0 Å². The Morgan fingerprint density at radius 3 is 2.17 bits per heavy atom. The van der Waals surface area contributed by atoms with Crippen LogP contribution in [0.1, 0.15) is 53.3 Å². The third kappa shape index (κ3) is 3.18. The second kappa shape index (κ2) is 7.22. The molecule has 1 aliphatic carbocycles. The number of fused-ring (bicyclic) bond motifs is 1. The van der Waals surface area contributed by atoms with E-state index in [9.17, 15) is 14.4 Å². The number of ether oxygens (including phenoxy) is 2. The molecule has 1 aromatic carbocycles. The van der Waals surface area contributed by atoms with Crippen LogP contribution in [0, 0.1) is 0 Å². The van der Waals surface area contributed by atoms with E-state index in [0.29, 0.717) is 12.2 Å². The first-order chi connectivity index (χ1) is 11.0.